The summed E-state index contributed by atoms with van der Waals surface area (Å²) in [6, 6.07) is 5.52. The molecule has 1 aromatic heterocycles. The van der Waals surface area contributed by atoms with Crippen LogP contribution in [0.15, 0.2) is 46.1 Å². The molecule has 1 aliphatic carbocycles. The molecule has 1 saturated carbocycles. The van der Waals surface area contributed by atoms with Gasteiger partial charge in [-0.1, -0.05) is 12.1 Å². The summed E-state index contributed by atoms with van der Waals surface area (Å²) in [7, 11) is -3.30. The Morgan fingerprint density at radius 3 is 2.37 bits per heavy atom. The van der Waals surface area contributed by atoms with E-state index in [1.54, 1.807) is 12.1 Å². The molecule has 4 rings (SSSR count). The van der Waals surface area contributed by atoms with E-state index in [0.717, 1.165) is 30.7 Å². The Hall–Kier alpha value is -3.69. The van der Waals surface area contributed by atoms with E-state index in [9.17, 15) is 22.4 Å². The summed E-state index contributed by atoms with van der Waals surface area (Å²) in [5, 5.41) is 3.54. The average Bonchev–Trinajstić information content (AvgIpc) is 3.52. The number of nitrogens with one attached hydrogen (secondary N) is 1. The highest BCUT2D eigenvalue weighted by Gasteiger charge is 2.40. The second-order valence-corrected chi connectivity index (χ2v) is 13.5. The minimum Gasteiger partial charge on any atom is -0.443 e. The van der Waals surface area contributed by atoms with Crippen LogP contribution in [0.2, 0.25) is 0 Å². The molecule has 0 saturated heterocycles. The molecule has 3 aromatic rings. The third-order valence-electron chi connectivity index (χ3n) is 6.20. The highest BCUT2D eigenvalue weighted by Crippen LogP contribution is 2.32. The Morgan fingerprint density at radius 2 is 1.79 bits per heavy atom. The standard InChI is InChI=1S/C28H31F3N4O6S2/c1-28(2,3)41-27(37)35(24-15-42-16-33-24)43(38,39)25-22(30)10-19(11-23(25)31)40-26(36)32-12-20-18(6-5-7-21(20)29)14-34(4)13-17-8-9-17/h5-7,10-11,15-17H,8-9,12-14H2,1-4H3,(H,32,36). The molecule has 1 heterocycles. The molecule has 0 unspecified atom stereocenters. The van der Waals surface area contributed by atoms with E-state index in [1.807, 2.05) is 7.05 Å². The zero-order chi connectivity index (χ0) is 31.5. The summed E-state index contributed by atoms with van der Waals surface area (Å²) in [5.74, 6) is -4.28. The van der Waals surface area contributed by atoms with E-state index >= 15 is 8.78 Å². The van der Waals surface area contributed by atoms with Crippen LogP contribution in [0, 0.1) is 23.4 Å². The summed E-state index contributed by atoms with van der Waals surface area (Å²) in [6.45, 7) is 5.50. The number of carbonyl (C=O) groups is 2. The van der Waals surface area contributed by atoms with Crippen molar-refractivity contribution >= 4 is 39.4 Å². The van der Waals surface area contributed by atoms with Crippen molar-refractivity contribution in [2.24, 2.45) is 5.92 Å². The maximum absolute atomic E-state index is 15.2. The molecule has 0 bridgehead atoms. The topological polar surface area (TPSA) is 118 Å². The van der Waals surface area contributed by atoms with Gasteiger partial charge in [-0.2, -0.15) is 0 Å². The second-order valence-electron chi connectivity index (χ2n) is 11.1. The normalized spacial score (nSPS) is 13.6. The van der Waals surface area contributed by atoms with Crippen molar-refractivity contribution in [3.63, 3.8) is 0 Å². The highest BCUT2D eigenvalue weighted by atomic mass is 32.2. The second kappa shape index (κ2) is 12.9. The first-order valence-corrected chi connectivity index (χ1v) is 15.6. The summed E-state index contributed by atoms with van der Waals surface area (Å²) < 4.78 is 81.8. The van der Waals surface area contributed by atoms with Crippen molar-refractivity contribution in [3.05, 3.63) is 69.8 Å². The Labute approximate surface area is 251 Å². The van der Waals surface area contributed by atoms with Gasteiger partial charge >= 0.3 is 12.2 Å². The molecule has 1 fully saturated rings. The van der Waals surface area contributed by atoms with Crippen LogP contribution in [0.1, 0.15) is 44.7 Å². The SMILES string of the molecule is CN(Cc1cccc(F)c1CNC(=O)Oc1cc(F)c(S(=O)(=O)N(C(=O)OC(C)(C)C)c2cscn2)c(F)c1)CC1CC1. The molecule has 1 N–H and O–H groups in total. The van der Waals surface area contributed by atoms with Gasteiger partial charge in [-0.3, -0.25) is 0 Å². The van der Waals surface area contributed by atoms with Crippen molar-refractivity contribution < 1.29 is 40.7 Å². The van der Waals surface area contributed by atoms with Gasteiger partial charge in [0.25, 0.3) is 10.0 Å². The van der Waals surface area contributed by atoms with E-state index < -0.39 is 61.7 Å². The minimum atomic E-state index is -5.22. The van der Waals surface area contributed by atoms with Gasteiger partial charge in [0, 0.05) is 42.7 Å². The van der Waals surface area contributed by atoms with Crippen molar-refractivity contribution in [1.82, 2.24) is 15.2 Å². The van der Waals surface area contributed by atoms with Crippen LogP contribution in [0.4, 0.5) is 28.6 Å². The number of halogens is 3. The monoisotopic (exact) mass is 640 g/mol. The number of benzene rings is 2. The molecule has 0 spiro atoms. The van der Waals surface area contributed by atoms with Gasteiger partial charge in [-0.15, -0.1) is 15.6 Å². The van der Waals surface area contributed by atoms with Gasteiger partial charge < -0.3 is 19.7 Å². The molecular weight excluding hydrogens is 609 g/mol. The number of anilines is 1. The number of hydrogen-bond acceptors (Lipinski definition) is 9. The third kappa shape index (κ3) is 8.24. The van der Waals surface area contributed by atoms with Gasteiger partial charge in [0.15, 0.2) is 10.7 Å². The number of hydrogen-bond donors (Lipinski definition) is 1. The van der Waals surface area contributed by atoms with Gasteiger partial charge in [0.2, 0.25) is 0 Å². The molecule has 43 heavy (non-hydrogen) atoms. The Balaban J connectivity index is 1.50. The van der Waals surface area contributed by atoms with Gasteiger partial charge in [-0.25, -0.2) is 36.2 Å². The molecular formula is C28H31F3N4O6S2. The fourth-order valence-electron chi connectivity index (χ4n) is 4.21. The zero-order valence-electron chi connectivity index (χ0n) is 23.9. The van der Waals surface area contributed by atoms with E-state index in [1.165, 1.54) is 37.7 Å². The van der Waals surface area contributed by atoms with Crippen molar-refractivity contribution in [2.75, 3.05) is 17.9 Å². The average molecular weight is 641 g/mol. The Morgan fingerprint density at radius 1 is 1.12 bits per heavy atom. The number of amides is 2. The summed E-state index contributed by atoms with van der Waals surface area (Å²) >= 11 is 0.941. The van der Waals surface area contributed by atoms with Crippen molar-refractivity contribution in [3.8, 4) is 5.75 Å². The molecule has 0 radical (unpaired) electrons. The number of sulfonamides is 1. The first-order valence-electron chi connectivity index (χ1n) is 13.2. The molecule has 232 valence electrons. The number of carbonyl (C=O) groups excluding carboxylic acids is 2. The molecule has 10 nitrogen and oxygen atoms in total. The van der Waals surface area contributed by atoms with Crippen LogP contribution < -0.4 is 14.4 Å². The van der Waals surface area contributed by atoms with Crippen LogP contribution in [-0.2, 0) is 27.8 Å². The molecule has 0 atom stereocenters. The molecule has 2 amide bonds. The van der Waals surface area contributed by atoms with Gasteiger partial charge in [0.1, 0.15) is 28.8 Å². The number of rotatable bonds is 10. The lowest BCUT2D eigenvalue weighted by Crippen LogP contribution is -2.41. The van der Waals surface area contributed by atoms with Gasteiger partial charge in [-0.05, 0) is 58.2 Å². The van der Waals surface area contributed by atoms with E-state index in [4.69, 9.17) is 9.47 Å². The van der Waals surface area contributed by atoms with Crippen molar-refractivity contribution in [1.29, 1.82) is 0 Å². The predicted molar refractivity (Wildman–Crippen MR) is 153 cm³/mol. The smallest absolute Gasteiger partial charge is 0.430 e. The van der Waals surface area contributed by atoms with Crippen LogP contribution in [0.3, 0.4) is 0 Å². The zero-order valence-corrected chi connectivity index (χ0v) is 25.5. The fraction of sp³-hybridized carbons (Fsp3) is 0.393. The Bertz CT molecular complexity index is 1570. The lowest BCUT2D eigenvalue weighted by atomic mass is 10.1. The first kappa shape index (κ1) is 32.2. The lowest BCUT2D eigenvalue weighted by molar-refractivity contribution is 0.0608. The lowest BCUT2D eigenvalue weighted by Gasteiger charge is -2.25. The van der Waals surface area contributed by atoms with Gasteiger partial charge in [0.05, 0.1) is 5.51 Å². The number of ether oxygens (including phenoxy) is 2. The van der Waals surface area contributed by atoms with E-state index in [0.29, 0.717) is 30.2 Å². The van der Waals surface area contributed by atoms with Crippen molar-refractivity contribution in [2.45, 2.75) is 57.2 Å². The fourth-order valence-corrected chi connectivity index (χ4v) is 6.16. The predicted octanol–water partition coefficient (Wildman–Crippen LogP) is 5.82. The third-order valence-corrected chi connectivity index (χ3v) is 8.50. The summed E-state index contributed by atoms with van der Waals surface area (Å²) in [5.41, 5.74) is 0.968. The minimum absolute atomic E-state index is 0.0531. The quantitative estimate of drug-likeness (QED) is 0.295. The van der Waals surface area contributed by atoms with E-state index in [-0.39, 0.29) is 16.4 Å². The van der Waals surface area contributed by atoms with E-state index in [2.05, 4.69) is 15.2 Å². The number of nitrogens with zero attached hydrogens (tertiary/aromatic N) is 3. The molecule has 2 aromatic carbocycles. The first-order chi connectivity index (χ1) is 20.2. The number of aromatic nitrogens is 1. The maximum atomic E-state index is 15.2. The summed E-state index contributed by atoms with van der Waals surface area (Å²) in [6.07, 6.45) is -0.262. The number of thiazole rings is 1. The Kier molecular flexibility index (Phi) is 9.66. The maximum Gasteiger partial charge on any atom is 0.430 e. The van der Waals surface area contributed by atoms with Crippen LogP contribution in [0.5, 0.6) is 5.75 Å². The van der Waals surface area contributed by atoms with Crippen LogP contribution >= 0.6 is 11.3 Å². The molecule has 0 aliphatic heterocycles. The summed E-state index contributed by atoms with van der Waals surface area (Å²) in [4.78, 5) is 29.6. The van der Waals surface area contributed by atoms with Crippen LogP contribution in [0.25, 0.3) is 0 Å². The highest BCUT2D eigenvalue weighted by molar-refractivity contribution is 7.93. The molecule has 1 aliphatic rings. The molecule has 15 heteroatoms. The largest absolute Gasteiger partial charge is 0.443 e. The van der Waals surface area contributed by atoms with Crippen LogP contribution in [-0.4, -0.2) is 49.7 Å².